The molecule has 16 heavy (non-hydrogen) atoms. The van der Waals surface area contributed by atoms with Gasteiger partial charge in [-0.2, -0.15) is 23.5 Å². The summed E-state index contributed by atoms with van der Waals surface area (Å²) in [7, 11) is 0. The summed E-state index contributed by atoms with van der Waals surface area (Å²) >= 11 is 3.94. The molecule has 2 fully saturated rings. The van der Waals surface area contributed by atoms with E-state index < -0.39 is 0 Å². The molecule has 0 aromatic carbocycles. The normalized spacial score (nSPS) is 23.8. The lowest BCUT2D eigenvalue weighted by atomic mass is 10.4. The Labute approximate surface area is 123 Å². The monoisotopic (exact) mass is 373 g/mol. The molecule has 6 heteroatoms. The van der Waals surface area contributed by atoms with Gasteiger partial charge in [-0.25, -0.2) is 0 Å². The van der Waals surface area contributed by atoms with Crippen molar-refractivity contribution in [3.05, 3.63) is 0 Å². The number of aliphatic imine (C=N–C) groups is 1. The highest BCUT2D eigenvalue weighted by Gasteiger charge is 2.41. The van der Waals surface area contributed by atoms with E-state index >= 15 is 0 Å². The van der Waals surface area contributed by atoms with Crippen molar-refractivity contribution in [2.75, 3.05) is 37.4 Å². The molecule has 0 aromatic rings. The van der Waals surface area contributed by atoms with Crippen molar-refractivity contribution in [1.82, 2.24) is 4.90 Å². The van der Waals surface area contributed by atoms with Gasteiger partial charge in [-0.1, -0.05) is 0 Å². The van der Waals surface area contributed by atoms with Crippen molar-refractivity contribution < 1.29 is 0 Å². The maximum atomic E-state index is 6.00. The number of guanidine groups is 1. The van der Waals surface area contributed by atoms with Gasteiger partial charge in [-0.3, -0.25) is 4.99 Å². The van der Waals surface area contributed by atoms with Crippen molar-refractivity contribution in [1.29, 1.82) is 0 Å². The molecule has 1 aliphatic carbocycles. The molecule has 0 aromatic heterocycles. The van der Waals surface area contributed by atoms with Gasteiger partial charge in [-0.05, 0) is 19.1 Å². The Kier molecular flexibility index (Phi) is 6.07. The first kappa shape index (κ1) is 14.8. The van der Waals surface area contributed by atoms with E-state index in [-0.39, 0.29) is 24.0 Å². The van der Waals surface area contributed by atoms with Crippen molar-refractivity contribution in [2.24, 2.45) is 10.7 Å². The van der Waals surface area contributed by atoms with Gasteiger partial charge in [0.15, 0.2) is 5.96 Å². The maximum absolute atomic E-state index is 6.00. The molecule has 1 aliphatic heterocycles. The lowest BCUT2D eigenvalue weighted by Crippen LogP contribution is -2.43. The van der Waals surface area contributed by atoms with Crippen LogP contribution in [0.2, 0.25) is 0 Å². The molecule has 0 spiro atoms. The molecule has 0 atom stereocenters. The topological polar surface area (TPSA) is 41.6 Å². The van der Waals surface area contributed by atoms with Gasteiger partial charge in [0.05, 0.1) is 6.54 Å². The molecule has 1 saturated heterocycles. The van der Waals surface area contributed by atoms with Crippen LogP contribution in [0.15, 0.2) is 4.99 Å². The summed E-state index contributed by atoms with van der Waals surface area (Å²) in [6.07, 6.45) is 4.79. The van der Waals surface area contributed by atoms with Gasteiger partial charge >= 0.3 is 0 Å². The van der Waals surface area contributed by atoms with Gasteiger partial charge in [0.2, 0.25) is 0 Å². The van der Waals surface area contributed by atoms with E-state index in [0.29, 0.717) is 4.75 Å². The zero-order valence-electron chi connectivity index (χ0n) is 9.65. The third-order valence-corrected chi connectivity index (χ3v) is 5.45. The number of halogens is 1. The fraction of sp³-hybridized carbons (Fsp3) is 0.900. The van der Waals surface area contributed by atoms with Crippen LogP contribution in [0.1, 0.15) is 12.8 Å². The van der Waals surface area contributed by atoms with Crippen LogP contribution in [0.5, 0.6) is 0 Å². The van der Waals surface area contributed by atoms with Crippen LogP contribution in [-0.2, 0) is 0 Å². The van der Waals surface area contributed by atoms with E-state index in [1.165, 1.54) is 24.3 Å². The Bertz CT molecular complexity index is 250. The van der Waals surface area contributed by atoms with Gasteiger partial charge in [-0.15, -0.1) is 24.0 Å². The SMILES string of the molecule is CSC1(CN=C(N)N2CCSCC2)CC1.I. The zero-order valence-corrected chi connectivity index (χ0v) is 13.6. The van der Waals surface area contributed by atoms with Crippen LogP contribution in [-0.4, -0.2) is 53.0 Å². The molecule has 0 amide bonds. The number of thioether (sulfide) groups is 2. The smallest absolute Gasteiger partial charge is 0.191 e. The van der Waals surface area contributed by atoms with E-state index in [9.17, 15) is 0 Å². The molecule has 1 heterocycles. The van der Waals surface area contributed by atoms with Crippen LogP contribution in [0.25, 0.3) is 0 Å². The predicted octanol–water partition coefficient (Wildman–Crippen LogP) is 1.86. The molecule has 94 valence electrons. The third kappa shape index (κ3) is 3.87. The Morgan fingerprint density at radius 2 is 2.06 bits per heavy atom. The molecule has 2 aliphatic rings. The molecule has 3 nitrogen and oxygen atoms in total. The molecule has 0 bridgehead atoms. The Morgan fingerprint density at radius 1 is 1.44 bits per heavy atom. The van der Waals surface area contributed by atoms with Crippen molar-refractivity contribution >= 4 is 53.5 Å². The second kappa shape index (κ2) is 6.58. The molecule has 1 saturated carbocycles. The summed E-state index contributed by atoms with van der Waals surface area (Å²) in [5, 5.41) is 0. The first-order valence-electron chi connectivity index (χ1n) is 5.43. The second-order valence-corrected chi connectivity index (χ2v) is 6.66. The molecular weight excluding hydrogens is 353 g/mol. The number of rotatable bonds is 3. The van der Waals surface area contributed by atoms with Gasteiger partial charge < -0.3 is 10.6 Å². The van der Waals surface area contributed by atoms with Crippen LogP contribution < -0.4 is 5.73 Å². The van der Waals surface area contributed by atoms with Gasteiger partial charge in [0.1, 0.15) is 0 Å². The van der Waals surface area contributed by atoms with E-state index in [1.54, 1.807) is 0 Å². The van der Waals surface area contributed by atoms with Crippen LogP contribution in [0.4, 0.5) is 0 Å². The van der Waals surface area contributed by atoms with E-state index in [4.69, 9.17) is 5.73 Å². The number of hydrogen-bond donors (Lipinski definition) is 1. The summed E-state index contributed by atoms with van der Waals surface area (Å²) < 4.78 is 0.440. The number of hydrogen-bond acceptors (Lipinski definition) is 3. The fourth-order valence-corrected chi connectivity index (χ4v) is 3.29. The van der Waals surface area contributed by atoms with Crippen LogP contribution in [0.3, 0.4) is 0 Å². The van der Waals surface area contributed by atoms with E-state index in [1.807, 2.05) is 23.5 Å². The van der Waals surface area contributed by atoms with E-state index in [0.717, 1.165) is 25.6 Å². The Balaban J connectivity index is 0.00000128. The third-order valence-electron chi connectivity index (χ3n) is 3.10. The molecular formula is C10H20IN3S2. The highest BCUT2D eigenvalue weighted by atomic mass is 127. The van der Waals surface area contributed by atoms with Crippen molar-refractivity contribution in [2.45, 2.75) is 17.6 Å². The first-order valence-corrected chi connectivity index (χ1v) is 7.81. The number of nitrogens with zero attached hydrogens (tertiary/aromatic N) is 2. The average molecular weight is 373 g/mol. The average Bonchev–Trinajstić information content (AvgIpc) is 3.08. The maximum Gasteiger partial charge on any atom is 0.191 e. The quantitative estimate of drug-likeness (QED) is 0.466. The fourth-order valence-electron chi connectivity index (χ4n) is 1.68. The Hall–Kier alpha value is 0.700. The highest BCUT2D eigenvalue weighted by molar-refractivity contribution is 14.0. The predicted molar refractivity (Wildman–Crippen MR) is 86.3 cm³/mol. The lowest BCUT2D eigenvalue weighted by Gasteiger charge is -2.27. The summed E-state index contributed by atoms with van der Waals surface area (Å²) in [5.41, 5.74) is 6.00. The van der Waals surface area contributed by atoms with Crippen molar-refractivity contribution in [3.63, 3.8) is 0 Å². The highest BCUT2D eigenvalue weighted by Crippen LogP contribution is 2.47. The molecule has 0 unspecified atom stereocenters. The minimum atomic E-state index is 0. The van der Waals surface area contributed by atoms with Crippen LogP contribution in [0, 0.1) is 0 Å². The minimum Gasteiger partial charge on any atom is -0.370 e. The molecule has 2 N–H and O–H groups in total. The zero-order chi connectivity index (χ0) is 10.7. The molecule has 2 rings (SSSR count). The summed E-state index contributed by atoms with van der Waals surface area (Å²) in [6.45, 7) is 3.03. The number of nitrogens with two attached hydrogens (primary N) is 1. The van der Waals surface area contributed by atoms with Crippen LogP contribution >= 0.6 is 47.5 Å². The largest absolute Gasteiger partial charge is 0.370 e. The van der Waals surface area contributed by atoms with Gasteiger partial charge in [0, 0.05) is 29.3 Å². The minimum absolute atomic E-state index is 0. The summed E-state index contributed by atoms with van der Waals surface area (Å²) in [4.78, 5) is 6.76. The molecule has 0 radical (unpaired) electrons. The lowest BCUT2D eigenvalue weighted by molar-refractivity contribution is 0.455. The standard InChI is InChI=1S/C10H19N3S2.HI/c1-14-10(2-3-10)8-12-9(11)13-4-6-15-7-5-13;/h2-8H2,1H3,(H2,11,12);1H. The second-order valence-electron chi connectivity index (χ2n) is 4.16. The Morgan fingerprint density at radius 3 is 2.56 bits per heavy atom. The summed E-state index contributed by atoms with van der Waals surface area (Å²) in [6, 6.07) is 0. The summed E-state index contributed by atoms with van der Waals surface area (Å²) in [5.74, 6) is 3.13. The van der Waals surface area contributed by atoms with Crippen molar-refractivity contribution in [3.8, 4) is 0 Å². The first-order chi connectivity index (χ1) is 7.26. The van der Waals surface area contributed by atoms with E-state index in [2.05, 4.69) is 16.1 Å². The van der Waals surface area contributed by atoms with Gasteiger partial charge in [0.25, 0.3) is 0 Å².